The van der Waals surface area contributed by atoms with Crippen molar-refractivity contribution in [2.75, 3.05) is 26.8 Å². The van der Waals surface area contributed by atoms with Gasteiger partial charge in [-0.2, -0.15) is 0 Å². The zero-order valence-electron chi connectivity index (χ0n) is 26.1. The summed E-state index contributed by atoms with van der Waals surface area (Å²) in [5.74, 6) is 1.77. The van der Waals surface area contributed by atoms with E-state index in [-0.39, 0.29) is 23.9 Å². The summed E-state index contributed by atoms with van der Waals surface area (Å²) in [7, 11) is 1.65. The topological polar surface area (TPSA) is 84.0 Å². The Morgan fingerprint density at radius 1 is 1.05 bits per heavy atom. The number of carbonyl (C=O) groups is 2. The van der Waals surface area contributed by atoms with E-state index >= 15 is 0 Å². The Kier molecular flexibility index (Phi) is 12.0. The van der Waals surface area contributed by atoms with Crippen molar-refractivity contribution in [2.45, 2.75) is 78.0 Å². The largest absolute Gasteiger partial charge is 0.497 e. The third kappa shape index (κ3) is 9.55. The molecule has 0 aliphatic carbocycles. The number of nitrogens with one attached hydrogen (secondary N) is 1. The first-order chi connectivity index (χ1) is 20.8. The number of pyridine rings is 1. The smallest absolute Gasteiger partial charge is 0.234 e. The number of amides is 2. The van der Waals surface area contributed by atoms with Gasteiger partial charge in [0.1, 0.15) is 11.5 Å². The maximum absolute atomic E-state index is 13.8. The number of rotatable bonds is 9. The van der Waals surface area contributed by atoms with Crippen LogP contribution in [0.2, 0.25) is 0 Å². The van der Waals surface area contributed by atoms with E-state index in [1.165, 1.54) is 0 Å². The number of ether oxygens (including phenoxy) is 2. The van der Waals surface area contributed by atoms with Gasteiger partial charge in [0.05, 0.1) is 26.3 Å². The lowest BCUT2D eigenvalue weighted by Gasteiger charge is -2.30. The van der Waals surface area contributed by atoms with Crippen molar-refractivity contribution >= 4 is 11.8 Å². The first kappa shape index (κ1) is 32.0. The fraction of sp³-hybridized carbons (Fsp3) is 0.457. The molecule has 1 N–H and O–H groups in total. The maximum atomic E-state index is 13.8. The van der Waals surface area contributed by atoms with Crippen molar-refractivity contribution in [3.8, 4) is 11.5 Å². The number of aryl methyl sites for hydroxylation is 1. The minimum absolute atomic E-state index is 0.0526. The Labute approximate surface area is 256 Å². The van der Waals surface area contributed by atoms with Crippen molar-refractivity contribution < 1.29 is 19.1 Å². The first-order valence-corrected chi connectivity index (χ1v) is 15.4. The third-order valence-electron chi connectivity index (χ3n) is 8.07. The number of methoxy groups -OCH3 is 1. The monoisotopic (exact) mass is 586 g/mol. The van der Waals surface area contributed by atoms with Crippen LogP contribution in [-0.2, 0) is 29.1 Å². The average molecular weight is 587 g/mol. The van der Waals surface area contributed by atoms with Crippen LogP contribution in [-0.4, -0.2) is 59.4 Å². The van der Waals surface area contributed by atoms with Gasteiger partial charge in [0.15, 0.2) is 0 Å². The predicted octanol–water partition coefficient (Wildman–Crippen LogP) is 5.70. The van der Waals surface area contributed by atoms with Crippen molar-refractivity contribution in [3.05, 3.63) is 89.2 Å². The molecule has 0 fully saturated rings. The molecule has 2 aromatic carbocycles. The van der Waals surface area contributed by atoms with Gasteiger partial charge in [0.25, 0.3) is 0 Å². The second kappa shape index (κ2) is 16.1. The van der Waals surface area contributed by atoms with E-state index in [1.807, 2.05) is 53.6 Å². The van der Waals surface area contributed by atoms with Gasteiger partial charge in [0.2, 0.25) is 11.8 Å². The summed E-state index contributed by atoms with van der Waals surface area (Å²) in [6, 6.07) is 18.1. The quantitative estimate of drug-likeness (QED) is 0.346. The minimum Gasteiger partial charge on any atom is -0.497 e. The zero-order chi connectivity index (χ0) is 30.6. The molecule has 4 rings (SSSR count). The standard InChI is InChI=1S/C35H46N4O4/c1-26(2)38-24-31-21-28(10-16-33(31)43-20-7-5-6-19-37-34(40)25-38)11-17-35(41)39(23-29-9-8-18-36-22-29)27(3)30-12-14-32(42-4)15-13-30/h8-10,12-16,18,21-22,26-27H,5-7,11,17,19-20,23-25H2,1-4H3,(H,37,40). The number of hydrogen-bond acceptors (Lipinski definition) is 6. The molecule has 8 nitrogen and oxygen atoms in total. The van der Waals surface area contributed by atoms with Crippen molar-refractivity contribution in [1.82, 2.24) is 20.1 Å². The molecule has 2 amide bonds. The number of carbonyl (C=O) groups excluding carboxylic acids is 2. The summed E-state index contributed by atoms with van der Waals surface area (Å²) in [5.41, 5.74) is 4.15. The Hall–Kier alpha value is -3.91. The minimum atomic E-state index is -0.127. The van der Waals surface area contributed by atoms with Gasteiger partial charge in [-0.15, -0.1) is 0 Å². The molecule has 1 atom stereocenters. The molecule has 1 unspecified atom stereocenters. The summed E-state index contributed by atoms with van der Waals surface area (Å²) < 4.78 is 11.5. The Balaban J connectivity index is 1.52. The van der Waals surface area contributed by atoms with Crippen molar-refractivity contribution in [1.29, 1.82) is 0 Å². The summed E-state index contributed by atoms with van der Waals surface area (Å²) >= 11 is 0. The van der Waals surface area contributed by atoms with E-state index in [0.717, 1.165) is 53.0 Å². The first-order valence-electron chi connectivity index (χ1n) is 15.4. The van der Waals surface area contributed by atoms with Crippen LogP contribution >= 0.6 is 0 Å². The summed E-state index contributed by atoms with van der Waals surface area (Å²) in [4.78, 5) is 34.8. The molecular weight excluding hydrogens is 540 g/mol. The number of aromatic nitrogens is 1. The number of fused-ring (bicyclic) bond motifs is 1. The number of benzene rings is 2. The Morgan fingerprint density at radius 3 is 2.58 bits per heavy atom. The molecule has 1 aliphatic heterocycles. The van der Waals surface area contributed by atoms with Crippen molar-refractivity contribution in [2.24, 2.45) is 0 Å². The van der Waals surface area contributed by atoms with Gasteiger partial charge in [-0.25, -0.2) is 0 Å². The second-order valence-corrected chi connectivity index (χ2v) is 11.5. The highest BCUT2D eigenvalue weighted by Crippen LogP contribution is 2.27. The van der Waals surface area contributed by atoms with Crippen LogP contribution in [0.25, 0.3) is 0 Å². The summed E-state index contributed by atoms with van der Waals surface area (Å²) in [6.45, 7) is 9.04. The normalized spacial score (nSPS) is 15.6. The van der Waals surface area contributed by atoms with Crippen LogP contribution in [0.3, 0.4) is 0 Å². The molecule has 1 aliphatic rings. The molecule has 2 heterocycles. The summed E-state index contributed by atoms with van der Waals surface area (Å²) in [6.07, 6.45) is 7.43. The van der Waals surface area contributed by atoms with E-state index in [9.17, 15) is 9.59 Å². The number of nitrogens with zero attached hydrogens (tertiary/aromatic N) is 3. The van der Waals surface area contributed by atoms with Gasteiger partial charge < -0.3 is 19.7 Å². The Bertz CT molecular complexity index is 1310. The fourth-order valence-electron chi connectivity index (χ4n) is 5.33. The molecule has 8 heteroatoms. The lowest BCUT2D eigenvalue weighted by atomic mass is 10.0. The lowest BCUT2D eigenvalue weighted by molar-refractivity contribution is -0.134. The zero-order valence-corrected chi connectivity index (χ0v) is 26.1. The molecule has 0 saturated carbocycles. The van der Waals surface area contributed by atoms with Gasteiger partial charge in [-0.3, -0.25) is 19.5 Å². The molecule has 43 heavy (non-hydrogen) atoms. The van der Waals surface area contributed by atoms with Gasteiger partial charge in [-0.05, 0) is 87.4 Å². The third-order valence-corrected chi connectivity index (χ3v) is 8.07. The molecular formula is C35H46N4O4. The van der Waals surface area contributed by atoms with E-state index < -0.39 is 0 Å². The molecule has 0 spiro atoms. The van der Waals surface area contributed by atoms with Gasteiger partial charge in [-0.1, -0.05) is 30.3 Å². The number of hydrogen-bond donors (Lipinski definition) is 1. The summed E-state index contributed by atoms with van der Waals surface area (Å²) in [5, 5.41) is 3.05. The highest BCUT2D eigenvalue weighted by Gasteiger charge is 2.23. The van der Waals surface area contributed by atoms with Crippen LogP contribution in [0.4, 0.5) is 0 Å². The predicted molar refractivity (Wildman–Crippen MR) is 169 cm³/mol. The highest BCUT2D eigenvalue weighted by atomic mass is 16.5. The van der Waals surface area contributed by atoms with Crippen LogP contribution in [0, 0.1) is 0 Å². The SMILES string of the molecule is COc1ccc(C(C)N(Cc2cccnc2)C(=O)CCc2ccc3c(c2)CN(C(C)C)CC(=O)NCCCCCO3)cc1. The second-order valence-electron chi connectivity index (χ2n) is 11.5. The van der Waals surface area contributed by atoms with E-state index in [2.05, 4.69) is 48.1 Å². The highest BCUT2D eigenvalue weighted by molar-refractivity contribution is 5.78. The molecule has 0 radical (unpaired) electrons. The maximum Gasteiger partial charge on any atom is 0.234 e. The Morgan fingerprint density at radius 2 is 1.86 bits per heavy atom. The van der Waals surface area contributed by atoms with Gasteiger partial charge >= 0.3 is 0 Å². The molecule has 1 aromatic heterocycles. The molecule has 3 aromatic rings. The molecule has 230 valence electrons. The van der Waals surface area contributed by atoms with Crippen LogP contribution in [0.15, 0.2) is 67.0 Å². The van der Waals surface area contributed by atoms with Crippen LogP contribution in [0.1, 0.15) is 74.8 Å². The van der Waals surface area contributed by atoms with Crippen LogP contribution in [0.5, 0.6) is 11.5 Å². The van der Waals surface area contributed by atoms with Gasteiger partial charge in [0, 0.05) is 50.1 Å². The van der Waals surface area contributed by atoms with Crippen LogP contribution < -0.4 is 14.8 Å². The lowest BCUT2D eigenvalue weighted by Crippen LogP contribution is -2.40. The molecule has 0 bridgehead atoms. The van der Waals surface area contributed by atoms with Crippen molar-refractivity contribution in [3.63, 3.8) is 0 Å². The fourth-order valence-corrected chi connectivity index (χ4v) is 5.33. The van der Waals surface area contributed by atoms with E-state index in [4.69, 9.17) is 9.47 Å². The average Bonchev–Trinajstić information content (AvgIpc) is 3.03. The van der Waals surface area contributed by atoms with E-state index in [0.29, 0.717) is 45.6 Å². The molecule has 0 saturated heterocycles. The van der Waals surface area contributed by atoms with E-state index in [1.54, 1.807) is 13.3 Å².